The fourth-order valence-electron chi connectivity index (χ4n) is 2.80. The highest BCUT2D eigenvalue weighted by molar-refractivity contribution is 6.30. The number of nitrogens with zero attached hydrogens (tertiary/aromatic N) is 1. The van der Waals surface area contributed by atoms with Crippen LogP contribution in [0.4, 0.5) is 0 Å². The molecule has 0 spiro atoms. The summed E-state index contributed by atoms with van der Waals surface area (Å²) in [6.45, 7) is 1.36. The molecule has 0 bridgehead atoms. The fourth-order valence-corrected chi connectivity index (χ4v) is 2.93. The molecule has 0 saturated carbocycles. The highest BCUT2D eigenvalue weighted by Gasteiger charge is 2.35. The molecule has 0 saturated heterocycles. The Morgan fingerprint density at radius 1 is 1.00 bits per heavy atom. The van der Waals surface area contributed by atoms with Gasteiger partial charge in [0.15, 0.2) is 6.10 Å². The smallest absolute Gasteiger partial charge is 0.308 e. The number of esters is 1. The summed E-state index contributed by atoms with van der Waals surface area (Å²) in [4.78, 5) is 49.8. The number of Topliss-reactive ketones (excluding diaryl/α,β-unsaturated/α-hetero) is 1. The summed E-state index contributed by atoms with van der Waals surface area (Å²) >= 11 is 5.78. The lowest BCUT2D eigenvalue weighted by Crippen LogP contribution is -2.33. The molecule has 138 valence electrons. The second-order valence-electron chi connectivity index (χ2n) is 6.06. The van der Waals surface area contributed by atoms with Crippen LogP contribution in [0.1, 0.15) is 44.4 Å². The Balaban J connectivity index is 1.56. The van der Waals surface area contributed by atoms with Crippen molar-refractivity contribution in [2.75, 3.05) is 6.54 Å². The maximum absolute atomic E-state index is 12.3. The number of ether oxygens (including phenoxy) is 1. The highest BCUT2D eigenvalue weighted by Crippen LogP contribution is 2.22. The molecule has 1 aliphatic rings. The van der Waals surface area contributed by atoms with Gasteiger partial charge in [0, 0.05) is 17.1 Å². The van der Waals surface area contributed by atoms with Gasteiger partial charge >= 0.3 is 5.97 Å². The molecule has 0 fully saturated rings. The molecule has 6 nitrogen and oxygen atoms in total. The van der Waals surface area contributed by atoms with Gasteiger partial charge in [-0.1, -0.05) is 23.7 Å². The SMILES string of the molecule is C[C@@H](OC(=O)CCN1C(=O)c2ccccc2C1=O)C(=O)c1ccc(Cl)cc1. The summed E-state index contributed by atoms with van der Waals surface area (Å²) in [5.74, 6) is -1.90. The number of ketones is 1. The predicted octanol–water partition coefficient (Wildman–Crippen LogP) is 3.14. The van der Waals surface area contributed by atoms with Gasteiger partial charge in [0.2, 0.25) is 5.78 Å². The van der Waals surface area contributed by atoms with Crippen LogP contribution in [-0.4, -0.2) is 41.1 Å². The summed E-state index contributed by atoms with van der Waals surface area (Å²) in [6, 6.07) is 12.7. The van der Waals surface area contributed by atoms with Crippen LogP contribution < -0.4 is 0 Å². The van der Waals surface area contributed by atoms with Crippen molar-refractivity contribution >= 4 is 35.2 Å². The van der Waals surface area contributed by atoms with E-state index in [9.17, 15) is 19.2 Å². The zero-order chi connectivity index (χ0) is 19.6. The first-order valence-corrected chi connectivity index (χ1v) is 8.71. The lowest BCUT2D eigenvalue weighted by molar-refractivity contribution is -0.146. The maximum atomic E-state index is 12.3. The van der Waals surface area contributed by atoms with Crippen LogP contribution in [0.15, 0.2) is 48.5 Å². The van der Waals surface area contributed by atoms with E-state index < -0.39 is 23.9 Å². The number of benzene rings is 2. The molecule has 2 aromatic carbocycles. The van der Waals surface area contributed by atoms with Crippen LogP contribution in [0.25, 0.3) is 0 Å². The number of imide groups is 1. The minimum atomic E-state index is -0.985. The summed E-state index contributed by atoms with van der Waals surface area (Å²) in [7, 11) is 0. The number of fused-ring (bicyclic) bond motifs is 1. The minimum Gasteiger partial charge on any atom is -0.454 e. The zero-order valence-electron chi connectivity index (χ0n) is 14.5. The van der Waals surface area contributed by atoms with E-state index in [0.717, 1.165) is 4.90 Å². The maximum Gasteiger partial charge on any atom is 0.308 e. The van der Waals surface area contributed by atoms with Crippen molar-refractivity contribution in [3.8, 4) is 0 Å². The van der Waals surface area contributed by atoms with Gasteiger partial charge < -0.3 is 4.74 Å². The first-order chi connectivity index (χ1) is 12.9. The molecule has 1 aliphatic heterocycles. The van der Waals surface area contributed by atoms with E-state index in [-0.39, 0.29) is 18.7 Å². The number of halogens is 1. The third-order valence-electron chi connectivity index (χ3n) is 4.22. The van der Waals surface area contributed by atoms with Gasteiger partial charge in [-0.2, -0.15) is 0 Å². The Kier molecular flexibility index (Phi) is 5.37. The number of hydrogen-bond donors (Lipinski definition) is 0. The quantitative estimate of drug-likeness (QED) is 0.433. The lowest BCUT2D eigenvalue weighted by atomic mass is 10.1. The molecule has 1 atom stereocenters. The number of carbonyl (C=O) groups is 4. The third-order valence-corrected chi connectivity index (χ3v) is 4.48. The molecule has 7 heteroatoms. The zero-order valence-corrected chi connectivity index (χ0v) is 15.2. The standard InChI is InChI=1S/C20H16ClNO5/c1-12(18(24)13-6-8-14(21)9-7-13)27-17(23)10-11-22-19(25)15-4-2-3-5-16(15)20(22)26/h2-9,12H,10-11H2,1H3/t12-/m1/s1. The number of carbonyl (C=O) groups excluding carboxylic acids is 4. The van der Waals surface area contributed by atoms with Gasteiger partial charge in [-0.15, -0.1) is 0 Å². The summed E-state index contributed by atoms with van der Waals surface area (Å²) in [5.41, 5.74) is 1.02. The van der Waals surface area contributed by atoms with E-state index >= 15 is 0 Å². The van der Waals surface area contributed by atoms with Crippen LogP contribution in [0.2, 0.25) is 5.02 Å². The van der Waals surface area contributed by atoms with E-state index in [0.29, 0.717) is 21.7 Å². The van der Waals surface area contributed by atoms with E-state index in [2.05, 4.69) is 0 Å². The van der Waals surface area contributed by atoms with Crippen LogP contribution in [0, 0.1) is 0 Å². The molecule has 2 aromatic rings. The van der Waals surface area contributed by atoms with Crippen molar-refractivity contribution in [2.24, 2.45) is 0 Å². The van der Waals surface area contributed by atoms with Crippen molar-refractivity contribution in [3.05, 3.63) is 70.2 Å². The minimum absolute atomic E-state index is 0.104. The van der Waals surface area contributed by atoms with E-state index in [1.165, 1.54) is 6.92 Å². The molecule has 2 amide bonds. The molecular weight excluding hydrogens is 370 g/mol. The number of hydrogen-bond acceptors (Lipinski definition) is 5. The number of rotatable bonds is 6. The van der Waals surface area contributed by atoms with Gasteiger partial charge in [0.25, 0.3) is 11.8 Å². The second kappa shape index (κ2) is 7.72. The third kappa shape index (κ3) is 3.90. The van der Waals surface area contributed by atoms with Crippen molar-refractivity contribution in [1.29, 1.82) is 0 Å². The summed E-state index contributed by atoms with van der Waals surface area (Å²) < 4.78 is 5.13. The van der Waals surface area contributed by atoms with E-state index in [1.807, 2.05) is 0 Å². The fraction of sp³-hybridized carbons (Fsp3) is 0.200. The van der Waals surface area contributed by atoms with Gasteiger partial charge in [0.05, 0.1) is 17.5 Å². The molecule has 0 N–H and O–H groups in total. The molecular formula is C20H16ClNO5. The molecule has 1 heterocycles. The summed E-state index contributed by atoms with van der Waals surface area (Å²) in [6.07, 6.45) is -1.18. The molecule has 0 unspecified atom stereocenters. The Hall–Kier alpha value is -2.99. The average Bonchev–Trinajstić information content (AvgIpc) is 2.91. The van der Waals surface area contributed by atoms with Crippen molar-refractivity contribution < 1.29 is 23.9 Å². The first-order valence-electron chi connectivity index (χ1n) is 8.33. The van der Waals surface area contributed by atoms with Crippen molar-refractivity contribution in [1.82, 2.24) is 4.90 Å². The molecule has 0 aromatic heterocycles. The van der Waals surface area contributed by atoms with Gasteiger partial charge in [-0.05, 0) is 43.3 Å². The second-order valence-corrected chi connectivity index (χ2v) is 6.50. The van der Waals surface area contributed by atoms with E-state index in [4.69, 9.17) is 16.3 Å². The highest BCUT2D eigenvalue weighted by atomic mass is 35.5. The van der Waals surface area contributed by atoms with Gasteiger partial charge in [-0.3, -0.25) is 24.1 Å². The van der Waals surface area contributed by atoms with Crippen LogP contribution >= 0.6 is 11.6 Å². The lowest BCUT2D eigenvalue weighted by Gasteiger charge is -2.15. The van der Waals surface area contributed by atoms with Crippen LogP contribution in [0.5, 0.6) is 0 Å². The van der Waals surface area contributed by atoms with Gasteiger partial charge in [-0.25, -0.2) is 0 Å². The van der Waals surface area contributed by atoms with Crippen molar-refractivity contribution in [2.45, 2.75) is 19.4 Å². The Labute approximate surface area is 160 Å². The van der Waals surface area contributed by atoms with Crippen LogP contribution in [-0.2, 0) is 9.53 Å². The Morgan fingerprint density at radius 2 is 1.56 bits per heavy atom. The van der Waals surface area contributed by atoms with Crippen molar-refractivity contribution in [3.63, 3.8) is 0 Å². The number of amides is 2. The largest absolute Gasteiger partial charge is 0.454 e. The van der Waals surface area contributed by atoms with Gasteiger partial charge in [0.1, 0.15) is 0 Å². The molecule has 3 rings (SSSR count). The normalized spacial score (nSPS) is 14.1. The monoisotopic (exact) mass is 385 g/mol. The average molecular weight is 386 g/mol. The van der Waals surface area contributed by atoms with Crippen LogP contribution in [0.3, 0.4) is 0 Å². The summed E-state index contributed by atoms with van der Waals surface area (Å²) in [5, 5.41) is 0.497. The molecule has 0 aliphatic carbocycles. The van der Waals surface area contributed by atoms with E-state index in [1.54, 1.807) is 48.5 Å². The Bertz CT molecular complexity index is 887. The topological polar surface area (TPSA) is 80.8 Å². The Morgan fingerprint density at radius 3 is 2.11 bits per heavy atom. The molecule has 27 heavy (non-hydrogen) atoms. The predicted molar refractivity (Wildman–Crippen MR) is 97.8 cm³/mol. The first kappa shape index (κ1) is 18.8. The molecule has 0 radical (unpaired) electrons.